The van der Waals surface area contributed by atoms with Gasteiger partial charge in [-0.3, -0.25) is 14.7 Å². The third kappa shape index (κ3) is 4.06. The topological polar surface area (TPSA) is 65.7 Å². The number of aromatic amines is 2. The molecule has 0 saturated heterocycles. The zero-order valence-corrected chi connectivity index (χ0v) is 11.8. The summed E-state index contributed by atoms with van der Waals surface area (Å²) in [6.45, 7) is 0. The van der Waals surface area contributed by atoms with Gasteiger partial charge in [0.25, 0.3) is 0 Å². The molecule has 2 N–H and O–H groups in total. The van der Waals surface area contributed by atoms with Crippen molar-refractivity contribution in [3.05, 3.63) is 67.2 Å². The first kappa shape index (κ1) is 17.8. The van der Waals surface area contributed by atoms with Gasteiger partial charge in [0.1, 0.15) is 0 Å². The fraction of sp³-hybridized carbons (Fsp3) is 0.286. The molecule has 0 fully saturated rings. The Morgan fingerprint density at radius 1 is 0.833 bits per heavy atom. The molecule has 1 aromatic carbocycles. The maximum Gasteiger partial charge on any atom is 0.416 e. The predicted molar refractivity (Wildman–Crippen MR) is 71.5 cm³/mol. The van der Waals surface area contributed by atoms with Gasteiger partial charge in [0.2, 0.25) is 5.43 Å². The summed E-state index contributed by atoms with van der Waals surface area (Å²) in [7, 11) is 0. The largest absolute Gasteiger partial charge is 0.416 e. The lowest BCUT2D eigenvalue weighted by Gasteiger charge is -2.16. The van der Waals surface area contributed by atoms with Crippen molar-refractivity contribution in [1.29, 1.82) is 0 Å². The van der Waals surface area contributed by atoms with Crippen LogP contribution in [0.2, 0.25) is 0 Å². The Bertz CT molecular complexity index is 848. The standard InChI is InChI=1S/C14H10F6N2O2/c15-13(16,17)8-3-1-7(10(5-8)14(18,19)20)2-4-9-6-11(23)12(24)22-21-9/h1,3,5-6H,2,4H2,(H,21,23)(H,22,24). The fourth-order valence-corrected chi connectivity index (χ4v) is 2.10. The number of H-pyrrole nitrogens is 2. The van der Waals surface area contributed by atoms with E-state index >= 15 is 0 Å². The smallest absolute Gasteiger partial charge is 0.302 e. The normalized spacial score (nSPS) is 12.4. The summed E-state index contributed by atoms with van der Waals surface area (Å²) >= 11 is 0. The minimum atomic E-state index is -4.95. The molecule has 0 saturated carbocycles. The maximum absolute atomic E-state index is 13.0. The molecule has 0 amide bonds. The van der Waals surface area contributed by atoms with E-state index in [-0.39, 0.29) is 30.2 Å². The number of nitrogens with one attached hydrogen (secondary N) is 2. The first-order chi connectivity index (χ1) is 11.0. The summed E-state index contributed by atoms with van der Waals surface area (Å²) in [5.41, 5.74) is -4.74. The average molecular weight is 352 g/mol. The first-order valence-electron chi connectivity index (χ1n) is 6.56. The van der Waals surface area contributed by atoms with Crippen molar-refractivity contribution in [2.24, 2.45) is 0 Å². The van der Waals surface area contributed by atoms with Gasteiger partial charge in [0, 0.05) is 11.8 Å². The van der Waals surface area contributed by atoms with Crippen LogP contribution in [-0.4, -0.2) is 10.2 Å². The van der Waals surface area contributed by atoms with Gasteiger partial charge in [0.15, 0.2) is 0 Å². The van der Waals surface area contributed by atoms with Gasteiger partial charge in [-0.1, -0.05) is 6.07 Å². The molecule has 0 aliphatic carbocycles. The Hall–Kier alpha value is -2.52. The molecule has 2 aromatic rings. The molecule has 0 bridgehead atoms. The van der Waals surface area contributed by atoms with Crippen LogP contribution in [0.15, 0.2) is 33.9 Å². The Labute approximate surface area is 130 Å². The van der Waals surface area contributed by atoms with Crippen molar-refractivity contribution in [2.45, 2.75) is 25.2 Å². The fourth-order valence-electron chi connectivity index (χ4n) is 2.10. The second kappa shape index (κ2) is 6.17. The van der Waals surface area contributed by atoms with Crippen LogP contribution in [0.4, 0.5) is 26.3 Å². The van der Waals surface area contributed by atoms with Gasteiger partial charge < -0.3 is 5.10 Å². The van der Waals surface area contributed by atoms with Crippen LogP contribution in [0.5, 0.6) is 0 Å². The lowest BCUT2D eigenvalue weighted by molar-refractivity contribution is -0.143. The van der Waals surface area contributed by atoms with Crippen molar-refractivity contribution >= 4 is 0 Å². The number of hydrogen-bond acceptors (Lipinski definition) is 2. The molecule has 0 spiro atoms. The molecule has 0 radical (unpaired) electrons. The van der Waals surface area contributed by atoms with Crippen LogP contribution in [0.25, 0.3) is 0 Å². The van der Waals surface area contributed by atoms with Crippen molar-refractivity contribution in [3.8, 4) is 0 Å². The molecule has 130 valence electrons. The van der Waals surface area contributed by atoms with Gasteiger partial charge in [-0.2, -0.15) is 26.3 Å². The van der Waals surface area contributed by atoms with Crippen molar-refractivity contribution in [1.82, 2.24) is 10.2 Å². The minimum Gasteiger partial charge on any atom is -0.302 e. The Morgan fingerprint density at radius 2 is 1.50 bits per heavy atom. The lowest BCUT2D eigenvalue weighted by atomic mass is 9.98. The van der Waals surface area contributed by atoms with Gasteiger partial charge in [-0.25, -0.2) is 0 Å². The van der Waals surface area contributed by atoms with E-state index in [4.69, 9.17) is 0 Å². The van der Waals surface area contributed by atoms with E-state index in [1.165, 1.54) is 0 Å². The van der Waals surface area contributed by atoms with E-state index in [0.29, 0.717) is 6.07 Å². The molecule has 0 aliphatic heterocycles. The van der Waals surface area contributed by atoms with E-state index in [0.717, 1.165) is 12.1 Å². The Balaban J connectivity index is 2.33. The molecular formula is C14H10F6N2O2. The van der Waals surface area contributed by atoms with E-state index in [1.54, 1.807) is 0 Å². The summed E-state index contributed by atoms with van der Waals surface area (Å²) < 4.78 is 76.7. The first-order valence-corrected chi connectivity index (χ1v) is 6.56. The van der Waals surface area contributed by atoms with E-state index in [1.807, 2.05) is 5.10 Å². The number of halogens is 6. The molecular weight excluding hydrogens is 342 g/mol. The zero-order chi connectivity index (χ0) is 18.1. The predicted octanol–water partition coefficient (Wildman–Crippen LogP) is 2.89. The van der Waals surface area contributed by atoms with Crippen LogP contribution >= 0.6 is 0 Å². The number of hydrogen-bond donors (Lipinski definition) is 2. The minimum absolute atomic E-state index is 0.0605. The Morgan fingerprint density at radius 3 is 2.04 bits per heavy atom. The summed E-state index contributed by atoms with van der Waals surface area (Å²) in [6.07, 6.45) is -10.2. The van der Waals surface area contributed by atoms with Crippen LogP contribution in [0.1, 0.15) is 22.4 Å². The summed E-state index contributed by atoms with van der Waals surface area (Å²) in [4.78, 5) is 22.1. The highest BCUT2D eigenvalue weighted by Gasteiger charge is 2.37. The SMILES string of the molecule is O=c1cc(CCc2ccc(C(F)(F)F)cc2C(F)(F)F)[nH][nH]c1=O. The third-order valence-corrected chi connectivity index (χ3v) is 3.27. The average Bonchev–Trinajstić information content (AvgIpc) is 2.46. The van der Waals surface area contributed by atoms with Crippen molar-refractivity contribution < 1.29 is 26.3 Å². The number of benzene rings is 1. The molecule has 0 unspecified atom stereocenters. The summed E-state index contributed by atoms with van der Waals surface area (Å²) in [6, 6.07) is 2.32. The van der Waals surface area contributed by atoms with Crippen LogP contribution in [-0.2, 0) is 25.2 Å². The molecule has 0 aliphatic rings. The van der Waals surface area contributed by atoms with E-state index in [9.17, 15) is 35.9 Å². The highest BCUT2D eigenvalue weighted by molar-refractivity contribution is 5.36. The highest BCUT2D eigenvalue weighted by Crippen LogP contribution is 2.37. The molecule has 24 heavy (non-hydrogen) atoms. The quantitative estimate of drug-likeness (QED) is 0.659. The molecule has 4 nitrogen and oxygen atoms in total. The van der Waals surface area contributed by atoms with Crippen LogP contribution in [0, 0.1) is 0 Å². The van der Waals surface area contributed by atoms with Crippen molar-refractivity contribution in [3.63, 3.8) is 0 Å². The molecule has 10 heteroatoms. The van der Waals surface area contributed by atoms with Gasteiger partial charge >= 0.3 is 17.9 Å². The Kier molecular flexibility index (Phi) is 4.59. The molecule has 0 atom stereocenters. The summed E-state index contributed by atoms with van der Waals surface area (Å²) in [5, 5.41) is 4.36. The van der Waals surface area contributed by atoms with Gasteiger partial charge in [-0.05, 0) is 30.5 Å². The van der Waals surface area contributed by atoms with Gasteiger partial charge in [0.05, 0.1) is 11.1 Å². The highest BCUT2D eigenvalue weighted by atomic mass is 19.4. The molecule has 1 aromatic heterocycles. The lowest BCUT2D eigenvalue weighted by Crippen LogP contribution is -2.27. The summed E-state index contributed by atoms with van der Waals surface area (Å²) in [5.74, 6) is 0. The second-order valence-corrected chi connectivity index (χ2v) is 4.98. The zero-order valence-electron chi connectivity index (χ0n) is 11.8. The van der Waals surface area contributed by atoms with Crippen molar-refractivity contribution in [2.75, 3.05) is 0 Å². The molecule has 1 heterocycles. The number of aromatic nitrogens is 2. The second-order valence-electron chi connectivity index (χ2n) is 4.98. The maximum atomic E-state index is 13.0. The van der Waals surface area contributed by atoms with E-state index in [2.05, 4.69) is 5.10 Å². The third-order valence-electron chi connectivity index (χ3n) is 3.27. The van der Waals surface area contributed by atoms with Crippen LogP contribution in [0.3, 0.4) is 0 Å². The number of rotatable bonds is 3. The number of alkyl halides is 6. The molecule has 2 rings (SSSR count). The monoisotopic (exact) mass is 352 g/mol. The van der Waals surface area contributed by atoms with Crippen LogP contribution < -0.4 is 11.0 Å². The van der Waals surface area contributed by atoms with E-state index < -0.39 is 34.5 Å². The van der Waals surface area contributed by atoms with Gasteiger partial charge in [-0.15, -0.1) is 0 Å². The number of aryl methyl sites for hydroxylation is 2.